The van der Waals surface area contributed by atoms with Crippen molar-refractivity contribution in [2.75, 3.05) is 0 Å². The van der Waals surface area contributed by atoms with E-state index in [1.54, 1.807) is 0 Å². The molecule has 0 bridgehead atoms. The first-order chi connectivity index (χ1) is 28.7. The minimum atomic E-state index is 1.13. The van der Waals surface area contributed by atoms with Crippen LogP contribution in [0.4, 0.5) is 0 Å². The number of hydrogen-bond acceptors (Lipinski definition) is 0. The van der Waals surface area contributed by atoms with Gasteiger partial charge in [-0.25, -0.2) is 0 Å². The van der Waals surface area contributed by atoms with Gasteiger partial charge in [0.2, 0.25) is 0 Å². The lowest BCUT2D eigenvalue weighted by Crippen LogP contribution is -1.96. The van der Waals surface area contributed by atoms with Gasteiger partial charge in [0.1, 0.15) is 0 Å². The number of rotatable bonds is 5. The highest BCUT2D eigenvalue weighted by Gasteiger charge is 2.22. The summed E-state index contributed by atoms with van der Waals surface area (Å²) in [4.78, 5) is 0. The fourth-order valence-corrected chi connectivity index (χ4v) is 9.33. The molecule has 0 unspecified atom stereocenters. The van der Waals surface area contributed by atoms with Crippen molar-refractivity contribution in [3.8, 4) is 44.8 Å². The maximum Gasteiger partial charge on any atom is 0.0641 e. The highest BCUT2D eigenvalue weighted by molar-refractivity contribution is 6.27. The third kappa shape index (κ3) is 5.12. The molecule has 12 rings (SSSR count). The number of benzene rings is 10. The molecule has 270 valence electrons. The van der Waals surface area contributed by atoms with E-state index in [4.69, 9.17) is 0 Å². The normalized spacial score (nSPS) is 11.8. The van der Waals surface area contributed by atoms with Gasteiger partial charge in [-0.05, 0) is 134 Å². The zero-order chi connectivity index (χ0) is 38.2. The molecule has 0 N–H and O–H groups in total. The maximum absolute atomic E-state index is 2.50. The van der Waals surface area contributed by atoms with Crippen LogP contribution in [-0.4, -0.2) is 9.13 Å². The molecule has 2 heteroatoms. The van der Waals surface area contributed by atoms with E-state index in [0.29, 0.717) is 0 Å². The van der Waals surface area contributed by atoms with E-state index in [-0.39, 0.29) is 0 Å². The summed E-state index contributed by atoms with van der Waals surface area (Å²) in [6.45, 7) is 0. The van der Waals surface area contributed by atoms with Gasteiger partial charge in [-0.3, -0.25) is 0 Å². The molecule has 0 aliphatic carbocycles. The zero-order valence-corrected chi connectivity index (χ0v) is 31.7. The van der Waals surface area contributed by atoms with E-state index in [9.17, 15) is 0 Å². The van der Waals surface area contributed by atoms with Crippen molar-refractivity contribution in [1.82, 2.24) is 9.13 Å². The molecular weight excluding hydrogens is 701 g/mol. The predicted octanol–water partition coefficient (Wildman–Crippen LogP) is 15.2. The number of aromatic nitrogens is 2. The average molecular weight is 737 g/mol. The monoisotopic (exact) mass is 736 g/mol. The Labute approximate surface area is 336 Å². The van der Waals surface area contributed by atoms with E-state index in [1.165, 1.54) is 98.5 Å². The molecule has 0 aliphatic rings. The third-order valence-corrected chi connectivity index (χ3v) is 12.0. The second kappa shape index (κ2) is 12.9. The van der Waals surface area contributed by atoms with Gasteiger partial charge >= 0.3 is 0 Å². The molecule has 2 aromatic heterocycles. The second-order valence-electron chi connectivity index (χ2n) is 15.4. The SMILES string of the molecule is c1ccc(-c2cc(-c3ccccc3)cc(-c3cccc(-n4c5ccccc5c5c4ccc4c6cc7cc8ccccc8cc7cc6n(-c6ccccc6)c45)c3)c2)cc1. The molecular formula is C56H36N2. The topological polar surface area (TPSA) is 9.86 Å². The molecule has 0 aliphatic heterocycles. The molecule has 0 atom stereocenters. The van der Waals surface area contributed by atoms with E-state index in [2.05, 4.69) is 228 Å². The number of hydrogen-bond donors (Lipinski definition) is 0. The standard InChI is InChI=1S/C56H36N2/c1-4-15-37(16-5-1)42-31-43(38-17-6-2-7-18-38)33-44(32-42)41-21-14-24-48(34-41)57-52-26-13-12-25-50(52)55-53(57)28-27-49-51-35-45-29-39-19-10-11-20-40(39)30-46(45)36-54(51)58(56(49)55)47-22-8-3-9-23-47/h1-36H. The Morgan fingerprint density at radius 3 is 1.48 bits per heavy atom. The van der Waals surface area contributed by atoms with Crippen LogP contribution in [0.15, 0.2) is 218 Å². The molecule has 0 spiro atoms. The van der Waals surface area contributed by atoms with Crippen molar-refractivity contribution in [2.45, 2.75) is 0 Å². The van der Waals surface area contributed by atoms with Gasteiger partial charge in [0.15, 0.2) is 0 Å². The average Bonchev–Trinajstić information content (AvgIpc) is 3.80. The molecule has 0 amide bonds. The van der Waals surface area contributed by atoms with Crippen LogP contribution in [0, 0.1) is 0 Å². The number of fused-ring (bicyclic) bond motifs is 9. The molecule has 0 saturated heterocycles. The fraction of sp³-hybridized carbons (Fsp3) is 0. The minimum absolute atomic E-state index is 1.13. The van der Waals surface area contributed by atoms with Crippen molar-refractivity contribution in [3.63, 3.8) is 0 Å². The molecule has 12 aromatic rings. The number of nitrogens with zero attached hydrogens (tertiary/aromatic N) is 2. The van der Waals surface area contributed by atoms with E-state index >= 15 is 0 Å². The first kappa shape index (κ1) is 32.6. The van der Waals surface area contributed by atoms with Crippen LogP contribution in [-0.2, 0) is 0 Å². The van der Waals surface area contributed by atoms with Crippen molar-refractivity contribution >= 4 is 65.2 Å². The molecule has 2 nitrogen and oxygen atoms in total. The van der Waals surface area contributed by atoms with Gasteiger partial charge in [-0.2, -0.15) is 0 Å². The van der Waals surface area contributed by atoms with Gasteiger partial charge in [0, 0.05) is 32.9 Å². The lowest BCUT2D eigenvalue weighted by atomic mass is 9.93. The van der Waals surface area contributed by atoms with Crippen LogP contribution >= 0.6 is 0 Å². The first-order valence-corrected chi connectivity index (χ1v) is 20.0. The summed E-state index contributed by atoms with van der Waals surface area (Å²) in [6, 6.07) is 80.1. The van der Waals surface area contributed by atoms with Crippen LogP contribution < -0.4 is 0 Å². The molecule has 0 fully saturated rings. The summed E-state index contributed by atoms with van der Waals surface area (Å²) in [5, 5.41) is 10.0. The van der Waals surface area contributed by atoms with Crippen LogP contribution in [0.25, 0.3) is 110 Å². The number of para-hydroxylation sites is 2. The summed E-state index contributed by atoms with van der Waals surface area (Å²) in [5.74, 6) is 0. The van der Waals surface area contributed by atoms with Crippen LogP contribution in [0.1, 0.15) is 0 Å². The first-order valence-electron chi connectivity index (χ1n) is 20.0. The maximum atomic E-state index is 2.50. The van der Waals surface area contributed by atoms with Crippen LogP contribution in [0.2, 0.25) is 0 Å². The Hall–Kier alpha value is -7.68. The van der Waals surface area contributed by atoms with E-state index in [0.717, 1.165) is 11.4 Å². The van der Waals surface area contributed by atoms with Crippen LogP contribution in [0.5, 0.6) is 0 Å². The highest BCUT2D eigenvalue weighted by atomic mass is 15.0. The van der Waals surface area contributed by atoms with Gasteiger partial charge in [0.25, 0.3) is 0 Å². The minimum Gasteiger partial charge on any atom is -0.309 e. The Morgan fingerprint density at radius 2 is 0.793 bits per heavy atom. The molecule has 10 aromatic carbocycles. The third-order valence-electron chi connectivity index (χ3n) is 12.0. The van der Waals surface area contributed by atoms with Crippen molar-refractivity contribution in [1.29, 1.82) is 0 Å². The Kier molecular flexibility index (Phi) is 7.26. The zero-order valence-electron chi connectivity index (χ0n) is 31.7. The summed E-state index contributed by atoms with van der Waals surface area (Å²) < 4.78 is 4.96. The van der Waals surface area contributed by atoms with Gasteiger partial charge in [-0.1, -0.05) is 140 Å². The summed E-state index contributed by atoms with van der Waals surface area (Å²) >= 11 is 0. The molecule has 0 radical (unpaired) electrons. The fourth-order valence-electron chi connectivity index (χ4n) is 9.33. The van der Waals surface area contributed by atoms with E-state index < -0.39 is 0 Å². The summed E-state index contributed by atoms with van der Waals surface area (Å²) in [5.41, 5.74) is 14.3. The van der Waals surface area contributed by atoms with Crippen molar-refractivity contribution in [2.24, 2.45) is 0 Å². The Bertz CT molecular complexity index is 3480. The summed E-state index contributed by atoms with van der Waals surface area (Å²) in [6.07, 6.45) is 0. The van der Waals surface area contributed by atoms with E-state index in [1.807, 2.05) is 0 Å². The smallest absolute Gasteiger partial charge is 0.0641 e. The summed E-state index contributed by atoms with van der Waals surface area (Å²) in [7, 11) is 0. The van der Waals surface area contributed by atoms with Crippen molar-refractivity contribution in [3.05, 3.63) is 218 Å². The Morgan fingerprint density at radius 1 is 0.241 bits per heavy atom. The molecule has 2 heterocycles. The van der Waals surface area contributed by atoms with Gasteiger partial charge in [-0.15, -0.1) is 0 Å². The van der Waals surface area contributed by atoms with Crippen LogP contribution in [0.3, 0.4) is 0 Å². The molecule has 58 heavy (non-hydrogen) atoms. The highest BCUT2D eigenvalue weighted by Crippen LogP contribution is 2.44. The van der Waals surface area contributed by atoms with Gasteiger partial charge < -0.3 is 9.13 Å². The van der Waals surface area contributed by atoms with Crippen molar-refractivity contribution < 1.29 is 0 Å². The predicted molar refractivity (Wildman–Crippen MR) is 246 cm³/mol. The lowest BCUT2D eigenvalue weighted by molar-refractivity contribution is 1.17. The molecule has 0 saturated carbocycles. The Balaban J connectivity index is 1.12. The quantitative estimate of drug-likeness (QED) is 0.156. The lowest BCUT2D eigenvalue weighted by Gasteiger charge is -2.14. The largest absolute Gasteiger partial charge is 0.309 e. The van der Waals surface area contributed by atoms with Gasteiger partial charge in [0.05, 0.1) is 22.1 Å². The second-order valence-corrected chi connectivity index (χ2v) is 15.4.